The summed E-state index contributed by atoms with van der Waals surface area (Å²) in [6, 6.07) is 17.9. The molecule has 0 aliphatic carbocycles. The number of hydrogen-bond acceptors (Lipinski definition) is 6. The van der Waals surface area contributed by atoms with Crippen LogP contribution in [0.3, 0.4) is 0 Å². The summed E-state index contributed by atoms with van der Waals surface area (Å²) in [6.45, 7) is 1.71. The zero-order valence-electron chi connectivity index (χ0n) is 19.9. The molecular formula is C27H22Cl2N2O5S. The lowest BCUT2D eigenvalue weighted by Crippen LogP contribution is -2.36. The number of amides is 3. The molecule has 0 radical (unpaired) electrons. The minimum absolute atomic E-state index is 0.159. The fourth-order valence-electron chi connectivity index (χ4n) is 3.50. The van der Waals surface area contributed by atoms with Gasteiger partial charge in [-0.15, -0.1) is 0 Å². The molecule has 0 spiro atoms. The van der Waals surface area contributed by atoms with Crippen LogP contribution in [0.15, 0.2) is 65.6 Å². The number of halogens is 2. The summed E-state index contributed by atoms with van der Waals surface area (Å²) in [6.07, 6.45) is 1.53. The van der Waals surface area contributed by atoms with E-state index in [1.165, 1.54) is 13.2 Å². The zero-order chi connectivity index (χ0) is 26.5. The summed E-state index contributed by atoms with van der Waals surface area (Å²) in [5.41, 5.74) is 2.84. The maximum Gasteiger partial charge on any atom is 0.294 e. The van der Waals surface area contributed by atoms with Gasteiger partial charge >= 0.3 is 0 Å². The number of carbonyl (C=O) groups is 3. The number of imide groups is 1. The first-order valence-electron chi connectivity index (χ1n) is 11.1. The van der Waals surface area contributed by atoms with Crippen molar-refractivity contribution in [1.29, 1.82) is 0 Å². The van der Waals surface area contributed by atoms with E-state index in [0.717, 1.165) is 27.8 Å². The second kappa shape index (κ2) is 11.7. The minimum atomic E-state index is -0.577. The zero-order valence-corrected chi connectivity index (χ0v) is 22.2. The Morgan fingerprint density at radius 2 is 1.81 bits per heavy atom. The van der Waals surface area contributed by atoms with Gasteiger partial charge in [0.05, 0.1) is 17.0 Å². The molecule has 0 unspecified atom stereocenters. The largest absolute Gasteiger partial charge is 0.493 e. The summed E-state index contributed by atoms with van der Waals surface area (Å²) in [5, 5.41) is 2.89. The first-order chi connectivity index (χ1) is 17.7. The molecule has 3 amide bonds. The van der Waals surface area contributed by atoms with Crippen molar-refractivity contribution in [2.75, 3.05) is 19.0 Å². The first-order valence-corrected chi connectivity index (χ1v) is 12.7. The molecule has 4 rings (SSSR count). The molecule has 1 aliphatic rings. The van der Waals surface area contributed by atoms with E-state index in [1.807, 2.05) is 37.3 Å². The van der Waals surface area contributed by atoms with Crippen molar-refractivity contribution in [2.24, 2.45) is 0 Å². The number of rotatable bonds is 8. The maximum atomic E-state index is 12.9. The maximum absolute atomic E-state index is 12.9. The van der Waals surface area contributed by atoms with E-state index in [9.17, 15) is 14.4 Å². The normalized spacial score (nSPS) is 14.3. The lowest BCUT2D eigenvalue weighted by Gasteiger charge is -2.14. The van der Waals surface area contributed by atoms with Gasteiger partial charge in [0, 0.05) is 10.7 Å². The Balaban J connectivity index is 1.46. The van der Waals surface area contributed by atoms with Gasteiger partial charge in [-0.3, -0.25) is 19.3 Å². The number of aryl methyl sites for hydroxylation is 1. The fourth-order valence-corrected chi connectivity index (χ4v) is 4.79. The number of methoxy groups -OCH3 is 1. The number of nitrogens with one attached hydrogen (secondary N) is 1. The molecule has 1 aliphatic heterocycles. The molecule has 3 aromatic carbocycles. The molecule has 0 bridgehead atoms. The van der Waals surface area contributed by atoms with Crippen molar-refractivity contribution in [3.63, 3.8) is 0 Å². The first kappa shape index (κ1) is 26.6. The van der Waals surface area contributed by atoms with Crippen LogP contribution in [-0.2, 0) is 16.2 Å². The SMILES string of the molecule is COc1cc(/C=C2\SC(=O)N(CC(=O)Nc3ccc(C)c(Cl)c3)C2=O)cc(Cl)c1OCc1ccccc1. The molecule has 10 heteroatoms. The van der Waals surface area contributed by atoms with Gasteiger partial charge in [-0.05, 0) is 65.7 Å². The Morgan fingerprint density at radius 1 is 1.05 bits per heavy atom. The highest BCUT2D eigenvalue weighted by atomic mass is 35.5. The van der Waals surface area contributed by atoms with Crippen LogP contribution in [0.25, 0.3) is 6.08 Å². The van der Waals surface area contributed by atoms with E-state index in [-0.39, 0.29) is 9.93 Å². The highest BCUT2D eigenvalue weighted by molar-refractivity contribution is 8.18. The average molecular weight is 557 g/mol. The molecule has 1 N–H and O–H groups in total. The van der Waals surface area contributed by atoms with Gasteiger partial charge in [-0.1, -0.05) is 59.6 Å². The Labute approximate surface area is 228 Å². The van der Waals surface area contributed by atoms with Gasteiger partial charge in [0.1, 0.15) is 13.2 Å². The highest BCUT2D eigenvalue weighted by Gasteiger charge is 2.36. The Bertz CT molecular complexity index is 1400. The molecule has 37 heavy (non-hydrogen) atoms. The monoisotopic (exact) mass is 556 g/mol. The van der Waals surface area contributed by atoms with Crippen LogP contribution in [0.2, 0.25) is 10.0 Å². The molecule has 0 atom stereocenters. The van der Waals surface area contributed by atoms with E-state index in [4.69, 9.17) is 32.7 Å². The van der Waals surface area contributed by atoms with Gasteiger partial charge in [0.25, 0.3) is 11.1 Å². The van der Waals surface area contributed by atoms with E-state index in [2.05, 4.69) is 5.32 Å². The molecule has 190 valence electrons. The van der Waals surface area contributed by atoms with Crippen LogP contribution in [0, 0.1) is 6.92 Å². The Kier molecular flexibility index (Phi) is 8.43. The molecule has 1 fully saturated rings. The number of anilines is 1. The van der Waals surface area contributed by atoms with Crippen molar-refractivity contribution in [1.82, 2.24) is 4.90 Å². The van der Waals surface area contributed by atoms with Crippen molar-refractivity contribution in [2.45, 2.75) is 13.5 Å². The quantitative estimate of drug-likeness (QED) is 0.316. The van der Waals surface area contributed by atoms with Crippen LogP contribution in [0.1, 0.15) is 16.7 Å². The molecule has 3 aromatic rings. The standard InChI is InChI=1S/C27H22Cl2N2O5S/c1-16-8-9-19(13-20(16)28)30-24(32)14-31-26(33)23(37-27(31)34)12-18-10-21(29)25(22(11-18)35-2)36-15-17-6-4-3-5-7-17/h3-13H,14-15H2,1-2H3,(H,30,32)/b23-12-. The topological polar surface area (TPSA) is 84.9 Å². The number of ether oxygens (including phenoxy) is 2. The van der Waals surface area contributed by atoms with Crippen molar-refractivity contribution in [3.05, 3.63) is 92.3 Å². The predicted molar refractivity (Wildman–Crippen MR) is 146 cm³/mol. The Morgan fingerprint density at radius 3 is 2.51 bits per heavy atom. The smallest absolute Gasteiger partial charge is 0.294 e. The molecule has 1 heterocycles. The lowest BCUT2D eigenvalue weighted by atomic mass is 10.1. The number of benzene rings is 3. The fraction of sp³-hybridized carbons (Fsp3) is 0.148. The van der Waals surface area contributed by atoms with E-state index >= 15 is 0 Å². The molecule has 0 saturated carbocycles. The van der Waals surface area contributed by atoms with Crippen molar-refractivity contribution in [3.8, 4) is 11.5 Å². The summed E-state index contributed by atoms with van der Waals surface area (Å²) in [7, 11) is 1.48. The van der Waals surface area contributed by atoms with E-state index in [1.54, 1.807) is 30.3 Å². The number of hydrogen-bond donors (Lipinski definition) is 1. The summed E-state index contributed by atoms with van der Waals surface area (Å²) < 4.78 is 11.3. The van der Waals surface area contributed by atoms with Crippen LogP contribution in [0.4, 0.5) is 10.5 Å². The minimum Gasteiger partial charge on any atom is -0.493 e. The third-order valence-corrected chi connectivity index (χ3v) is 7.00. The van der Waals surface area contributed by atoms with Crippen LogP contribution in [-0.4, -0.2) is 35.6 Å². The van der Waals surface area contributed by atoms with Crippen LogP contribution >= 0.6 is 35.0 Å². The summed E-state index contributed by atoms with van der Waals surface area (Å²) in [5.74, 6) is -0.351. The second-order valence-electron chi connectivity index (χ2n) is 8.09. The van der Waals surface area contributed by atoms with Gasteiger partial charge in [-0.25, -0.2) is 0 Å². The number of thioether (sulfide) groups is 1. The van der Waals surface area contributed by atoms with Gasteiger partial charge < -0.3 is 14.8 Å². The lowest BCUT2D eigenvalue weighted by molar-refractivity contribution is -0.127. The molecular weight excluding hydrogens is 535 g/mol. The summed E-state index contributed by atoms with van der Waals surface area (Å²) in [4.78, 5) is 38.9. The van der Waals surface area contributed by atoms with E-state index < -0.39 is 23.6 Å². The van der Waals surface area contributed by atoms with Gasteiger partial charge in [0.2, 0.25) is 5.91 Å². The Hall–Kier alpha value is -3.46. The third-order valence-electron chi connectivity index (χ3n) is 5.41. The number of nitrogens with zero attached hydrogens (tertiary/aromatic N) is 1. The summed E-state index contributed by atoms with van der Waals surface area (Å²) >= 11 is 13.3. The van der Waals surface area contributed by atoms with Gasteiger partial charge in [0.15, 0.2) is 11.5 Å². The van der Waals surface area contributed by atoms with Crippen LogP contribution in [0.5, 0.6) is 11.5 Å². The average Bonchev–Trinajstić information content (AvgIpc) is 3.13. The second-order valence-corrected chi connectivity index (χ2v) is 9.90. The highest BCUT2D eigenvalue weighted by Crippen LogP contribution is 2.39. The predicted octanol–water partition coefficient (Wildman–Crippen LogP) is 6.56. The van der Waals surface area contributed by atoms with Crippen LogP contribution < -0.4 is 14.8 Å². The molecule has 1 saturated heterocycles. The van der Waals surface area contributed by atoms with E-state index in [0.29, 0.717) is 34.4 Å². The van der Waals surface area contributed by atoms with Crippen molar-refractivity contribution < 1.29 is 23.9 Å². The third kappa shape index (κ3) is 6.46. The van der Waals surface area contributed by atoms with Crippen molar-refractivity contribution >= 4 is 63.8 Å². The molecule has 7 nitrogen and oxygen atoms in total. The molecule has 0 aromatic heterocycles. The number of carbonyl (C=O) groups excluding carboxylic acids is 3. The van der Waals surface area contributed by atoms with Gasteiger partial charge in [-0.2, -0.15) is 0 Å².